The zero-order valence-corrected chi connectivity index (χ0v) is 12.6. The Morgan fingerprint density at radius 3 is 2.57 bits per heavy atom. The molecule has 0 spiro atoms. The Kier molecular flexibility index (Phi) is 5.71. The minimum Gasteiger partial charge on any atom is -0.310 e. The van der Waals surface area contributed by atoms with Crippen LogP contribution in [-0.4, -0.2) is 6.54 Å². The molecule has 0 saturated carbocycles. The van der Waals surface area contributed by atoms with E-state index in [9.17, 15) is 8.78 Å². The highest BCUT2D eigenvalue weighted by Crippen LogP contribution is 2.27. The predicted molar refractivity (Wildman–Crippen MR) is 82.5 cm³/mol. The first-order chi connectivity index (χ1) is 10.1. The summed E-state index contributed by atoms with van der Waals surface area (Å²) in [6.07, 6.45) is 1.51. The summed E-state index contributed by atoms with van der Waals surface area (Å²) in [5.41, 5.74) is 1.55. The third-order valence-electron chi connectivity index (χ3n) is 3.30. The van der Waals surface area contributed by atoms with Crippen LogP contribution in [0.1, 0.15) is 30.5 Å². The third-order valence-corrected chi connectivity index (χ3v) is 3.65. The molecule has 4 heteroatoms. The summed E-state index contributed by atoms with van der Waals surface area (Å²) in [5.74, 6) is -0.593. The lowest BCUT2D eigenvalue weighted by Crippen LogP contribution is -2.24. The van der Waals surface area contributed by atoms with Gasteiger partial charge in [0.1, 0.15) is 11.6 Å². The summed E-state index contributed by atoms with van der Waals surface area (Å²) in [6, 6.07) is 10.6. The van der Waals surface area contributed by atoms with Crippen LogP contribution in [0.5, 0.6) is 0 Å². The van der Waals surface area contributed by atoms with Gasteiger partial charge in [-0.2, -0.15) is 0 Å². The average molecular weight is 310 g/mol. The molecular formula is C17H18ClF2N. The minimum absolute atomic E-state index is 0.144. The highest BCUT2D eigenvalue weighted by Gasteiger charge is 2.16. The molecule has 112 valence electrons. The highest BCUT2D eigenvalue weighted by atomic mass is 35.5. The monoisotopic (exact) mass is 309 g/mol. The second-order valence-electron chi connectivity index (χ2n) is 5.01. The Morgan fingerprint density at radius 1 is 1.10 bits per heavy atom. The SMILES string of the molecule is CCCNC(Cc1cccc(F)c1)c1cc(F)ccc1Cl. The molecule has 0 aliphatic heterocycles. The smallest absolute Gasteiger partial charge is 0.123 e. The second kappa shape index (κ2) is 7.53. The Labute approximate surface area is 128 Å². The standard InChI is InChI=1S/C17H18ClF2N/c1-2-8-21-17(10-12-4-3-5-13(19)9-12)15-11-14(20)6-7-16(15)18/h3-7,9,11,17,21H,2,8,10H2,1H3. The van der Waals surface area contributed by atoms with Gasteiger partial charge in [0.15, 0.2) is 0 Å². The zero-order chi connectivity index (χ0) is 15.2. The lowest BCUT2D eigenvalue weighted by Gasteiger charge is -2.20. The molecular weight excluding hydrogens is 292 g/mol. The Morgan fingerprint density at radius 2 is 1.86 bits per heavy atom. The van der Waals surface area contributed by atoms with E-state index < -0.39 is 0 Å². The van der Waals surface area contributed by atoms with E-state index in [4.69, 9.17) is 11.6 Å². The molecule has 2 aromatic rings. The molecule has 0 saturated heterocycles. The fraction of sp³-hybridized carbons (Fsp3) is 0.294. The summed E-state index contributed by atoms with van der Waals surface area (Å²) in [7, 11) is 0. The topological polar surface area (TPSA) is 12.0 Å². The van der Waals surface area contributed by atoms with Gasteiger partial charge in [0.25, 0.3) is 0 Å². The fourth-order valence-electron chi connectivity index (χ4n) is 2.29. The first kappa shape index (κ1) is 15.9. The Bertz CT molecular complexity index is 601. The third kappa shape index (κ3) is 4.51. The quantitative estimate of drug-likeness (QED) is 0.800. The van der Waals surface area contributed by atoms with Gasteiger partial charge in [-0.05, 0) is 60.8 Å². The number of halogens is 3. The van der Waals surface area contributed by atoms with E-state index in [0.717, 1.165) is 18.5 Å². The Balaban J connectivity index is 2.27. The molecule has 0 radical (unpaired) electrons. The van der Waals surface area contributed by atoms with Crippen molar-refractivity contribution in [1.29, 1.82) is 0 Å². The number of hydrogen-bond acceptors (Lipinski definition) is 1. The van der Waals surface area contributed by atoms with Crippen molar-refractivity contribution in [3.8, 4) is 0 Å². The largest absolute Gasteiger partial charge is 0.310 e. The normalized spacial score (nSPS) is 12.4. The second-order valence-corrected chi connectivity index (χ2v) is 5.41. The van der Waals surface area contributed by atoms with Gasteiger partial charge in [-0.3, -0.25) is 0 Å². The highest BCUT2D eigenvalue weighted by molar-refractivity contribution is 6.31. The van der Waals surface area contributed by atoms with Crippen molar-refractivity contribution in [2.45, 2.75) is 25.8 Å². The van der Waals surface area contributed by atoms with E-state index in [0.29, 0.717) is 17.0 Å². The van der Waals surface area contributed by atoms with Crippen LogP contribution in [0, 0.1) is 11.6 Å². The minimum atomic E-state index is -0.322. The van der Waals surface area contributed by atoms with Crippen LogP contribution < -0.4 is 5.32 Å². The summed E-state index contributed by atoms with van der Waals surface area (Å²) in [4.78, 5) is 0. The first-order valence-electron chi connectivity index (χ1n) is 7.03. The van der Waals surface area contributed by atoms with Crippen LogP contribution in [0.4, 0.5) is 8.78 Å². The number of hydrogen-bond donors (Lipinski definition) is 1. The van der Waals surface area contributed by atoms with Crippen LogP contribution in [0.3, 0.4) is 0 Å². The van der Waals surface area contributed by atoms with Gasteiger partial charge in [0.05, 0.1) is 0 Å². The maximum Gasteiger partial charge on any atom is 0.123 e. The molecule has 0 bridgehead atoms. The molecule has 0 aliphatic carbocycles. The number of nitrogens with one attached hydrogen (secondary N) is 1. The predicted octanol–water partition coefficient (Wildman–Crippen LogP) is 4.90. The van der Waals surface area contributed by atoms with Crippen molar-refractivity contribution >= 4 is 11.6 Å². The van der Waals surface area contributed by atoms with Gasteiger partial charge in [0, 0.05) is 11.1 Å². The first-order valence-corrected chi connectivity index (χ1v) is 7.40. The van der Waals surface area contributed by atoms with E-state index in [-0.39, 0.29) is 17.7 Å². The van der Waals surface area contributed by atoms with Gasteiger partial charge in [-0.1, -0.05) is 30.7 Å². The molecule has 21 heavy (non-hydrogen) atoms. The van der Waals surface area contributed by atoms with Gasteiger partial charge < -0.3 is 5.32 Å². The molecule has 1 atom stereocenters. The molecule has 1 N–H and O–H groups in total. The van der Waals surface area contributed by atoms with Gasteiger partial charge in [-0.15, -0.1) is 0 Å². The molecule has 1 unspecified atom stereocenters. The number of benzene rings is 2. The van der Waals surface area contributed by atoms with Gasteiger partial charge >= 0.3 is 0 Å². The maximum absolute atomic E-state index is 13.5. The molecule has 0 fully saturated rings. The van der Waals surface area contributed by atoms with Crippen LogP contribution >= 0.6 is 11.6 Å². The molecule has 0 amide bonds. The fourth-order valence-corrected chi connectivity index (χ4v) is 2.54. The van der Waals surface area contributed by atoms with Gasteiger partial charge in [0.2, 0.25) is 0 Å². The van der Waals surface area contributed by atoms with E-state index in [1.807, 2.05) is 6.07 Å². The van der Waals surface area contributed by atoms with Crippen molar-refractivity contribution in [2.75, 3.05) is 6.54 Å². The van der Waals surface area contributed by atoms with Crippen LogP contribution in [0.15, 0.2) is 42.5 Å². The average Bonchev–Trinajstić information content (AvgIpc) is 2.46. The zero-order valence-electron chi connectivity index (χ0n) is 11.9. The van der Waals surface area contributed by atoms with Crippen molar-refractivity contribution in [3.63, 3.8) is 0 Å². The molecule has 1 nitrogen and oxygen atoms in total. The van der Waals surface area contributed by atoms with E-state index in [1.54, 1.807) is 12.1 Å². The summed E-state index contributed by atoms with van der Waals surface area (Å²) >= 11 is 6.19. The molecule has 0 aliphatic rings. The number of rotatable bonds is 6. The van der Waals surface area contributed by atoms with Crippen molar-refractivity contribution < 1.29 is 8.78 Å². The summed E-state index contributed by atoms with van der Waals surface area (Å²) in [5, 5.41) is 3.86. The summed E-state index contributed by atoms with van der Waals surface area (Å²) < 4.78 is 26.8. The van der Waals surface area contributed by atoms with Crippen LogP contribution in [0.25, 0.3) is 0 Å². The van der Waals surface area contributed by atoms with Gasteiger partial charge in [-0.25, -0.2) is 8.78 Å². The lowest BCUT2D eigenvalue weighted by atomic mass is 9.98. The van der Waals surface area contributed by atoms with Crippen LogP contribution in [0.2, 0.25) is 5.02 Å². The van der Waals surface area contributed by atoms with E-state index in [1.165, 1.54) is 24.3 Å². The van der Waals surface area contributed by atoms with Crippen molar-refractivity contribution in [3.05, 3.63) is 70.2 Å². The van der Waals surface area contributed by atoms with Crippen molar-refractivity contribution in [1.82, 2.24) is 5.32 Å². The molecule has 0 heterocycles. The lowest BCUT2D eigenvalue weighted by molar-refractivity contribution is 0.522. The molecule has 2 rings (SSSR count). The van der Waals surface area contributed by atoms with E-state index in [2.05, 4.69) is 12.2 Å². The van der Waals surface area contributed by atoms with E-state index >= 15 is 0 Å². The molecule has 2 aromatic carbocycles. The summed E-state index contributed by atoms with van der Waals surface area (Å²) in [6.45, 7) is 2.84. The Hall–Kier alpha value is -1.45. The van der Waals surface area contributed by atoms with Crippen molar-refractivity contribution in [2.24, 2.45) is 0 Å². The maximum atomic E-state index is 13.5. The van der Waals surface area contributed by atoms with Crippen LogP contribution in [-0.2, 0) is 6.42 Å². The molecule has 0 aromatic heterocycles.